The molecule has 3 nitrogen and oxygen atoms in total. The van der Waals surface area contributed by atoms with Gasteiger partial charge in [-0.2, -0.15) is 0 Å². The van der Waals surface area contributed by atoms with Crippen molar-refractivity contribution < 1.29 is 9.53 Å². The molecule has 0 fully saturated rings. The van der Waals surface area contributed by atoms with E-state index in [0.717, 1.165) is 16.2 Å². The largest absolute Gasteiger partial charge is 0.465 e. The van der Waals surface area contributed by atoms with Crippen LogP contribution in [-0.2, 0) is 10.3 Å². The molecule has 1 unspecified atom stereocenters. The average Bonchev–Trinajstić information content (AvgIpc) is 2.53. The summed E-state index contributed by atoms with van der Waals surface area (Å²) in [6, 6.07) is 5.53. The highest BCUT2D eigenvalue weighted by molar-refractivity contribution is 7.99. The van der Waals surface area contributed by atoms with Gasteiger partial charge in [-0.15, -0.1) is 11.8 Å². The average molecular weight is 223 g/mol. The zero-order valence-corrected chi connectivity index (χ0v) is 9.56. The molecule has 0 radical (unpaired) electrons. The third-order valence-electron chi connectivity index (χ3n) is 2.55. The van der Waals surface area contributed by atoms with Crippen molar-refractivity contribution in [3.8, 4) is 0 Å². The van der Waals surface area contributed by atoms with E-state index >= 15 is 0 Å². The minimum atomic E-state index is -0.302. The molecule has 80 valence electrons. The first kappa shape index (κ1) is 10.5. The maximum absolute atomic E-state index is 11.3. The van der Waals surface area contributed by atoms with Crippen LogP contribution in [0.2, 0.25) is 0 Å². The lowest BCUT2D eigenvalue weighted by molar-refractivity contribution is 0.0600. The third kappa shape index (κ3) is 1.75. The van der Waals surface area contributed by atoms with Crippen molar-refractivity contribution in [2.75, 3.05) is 12.9 Å². The van der Waals surface area contributed by atoms with Crippen LogP contribution in [-0.4, -0.2) is 18.8 Å². The Morgan fingerprint density at radius 1 is 1.60 bits per heavy atom. The number of carbonyl (C=O) groups is 1. The highest BCUT2D eigenvalue weighted by Crippen LogP contribution is 2.40. The molecular weight excluding hydrogens is 210 g/mol. The third-order valence-corrected chi connectivity index (χ3v) is 3.94. The lowest BCUT2D eigenvalue weighted by Crippen LogP contribution is -2.32. The van der Waals surface area contributed by atoms with E-state index in [0.29, 0.717) is 5.56 Å². The summed E-state index contributed by atoms with van der Waals surface area (Å²) in [6.07, 6.45) is 0. The Labute approximate surface area is 93.0 Å². The van der Waals surface area contributed by atoms with Crippen molar-refractivity contribution in [3.05, 3.63) is 29.3 Å². The minimum absolute atomic E-state index is 0.283. The van der Waals surface area contributed by atoms with Gasteiger partial charge in [0.1, 0.15) is 0 Å². The molecule has 1 aromatic rings. The monoisotopic (exact) mass is 223 g/mol. The summed E-state index contributed by atoms with van der Waals surface area (Å²) < 4.78 is 4.67. The van der Waals surface area contributed by atoms with Gasteiger partial charge in [0.15, 0.2) is 0 Å². The normalized spacial score (nSPS) is 23.7. The number of carbonyl (C=O) groups excluding carboxylic acids is 1. The standard InChI is InChI=1S/C11H13NO2S/c1-11(12)6-15-9-5-7(10(13)14-2)3-4-8(9)11/h3-5H,6,12H2,1-2H3. The second-order valence-corrected chi connectivity index (χ2v) is 4.93. The maximum Gasteiger partial charge on any atom is 0.337 e. The maximum atomic E-state index is 11.3. The van der Waals surface area contributed by atoms with Crippen LogP contribution in [0.5, 0.6) is 0 Å². The van der Waals surface area contributed by atoms with Crippen LogP contribution in [0.15, 0.2) is 23.1 Å². The van der Waals surface area contributed by atoms with Crippen LogP contribution >= 0.6 is 11.8 Å². The number of hydrogen-bond acceptors (Lipinski definition) is 4. The second-order valence-electron chi connectivity index (χ2n) is 3.91. The molecule has 0 amide bonds. The molecule has 2 rings (SSSR count). The summed E-state index contributed by atoms with van der Waals surface area (Å²) in [7, 11) is 1.38. The topological polar surface area (TPSA) is 52.3 Å². The van der Waals surface area contributed by atoms with E-state index in [4.69, 9.17) is 5.73 Å². The molecule has 0 aromatic heterocycles. The summed E-state index contributed by atoms with van der Waals surface area (Å²) >= 11 is 1.68. The minimum Gasteiger partial charge on any atom is -0.465 e. The van der Waals surface area contributed by atoms with Crippen molar-refractivity contribution in [1.29, 1.82) is 0 Å². The van der Waals surface area contributed by atoms with Crippen LogP contribution in [0.3, 0.4) is 0 Å². The SMILES string of the molecule is COC(=O)c1ccc2c(c1)SCC2(C)N. The van der Waals surface area contributed by atoms with Gasteiger partial charge in [-0.05, 0) is 24.6 Å². The van der Waals surface area contributed by atoms with Crippen molar-refractivity contribution in [2.24, 2.45) is 5.73 Å². The Kier molecular flexibility index (Phi) is 2.48. The second kappa shape index (κ2) is 3.54. The molecule has 1 atom stereocenters. The molecule has 0 saturated heterocycles. The molecule has 0 spiro atoms. The predicted molar refractivity (Wildman–Crippen MR) is 60.0 cm³/mol. The number of methoxy groups -OCH3 is 1. The van der Waals surface area contributed by atoms with Gasteiger partial charge in [0.2, 0.25) is 0 Å². The van der Waals surface area contributed by atoms with Crippen molar-refractivity contribution in [1.82, 2.24) is 0 Å². The van der Waals surface area contributed by atoms with Crippen molar-refractivity contribution in [2.45, 2.75) is 17.4 Å². The van der Waals surface area contributed by atoms with Gasteiger partial charge in [-0.25, -0.2) is 4.79 Å². The first-order valence-corrected chi connectivity index (χ1v) is 5.68. The molecule has 0 bridgehead atoms. The fourth-order valence-corrected chi connectivity index (χ4v) is 2.94. The Balaban J connectivity index is 2.42. The Bertz CT molecular complexity index is 415. The smallest absolute Gasteiger partial charge is 0.337 e. The van der Waals surface area contributed by atoms with E-state index < -0.39 is 0 Å². The molecule has 15 heavy (non-hydrogen) atoms. The zero-order chi connectivity index (χ0) is 11.1. The first-order valence-electron chi connectivity index (χ1n) is 4.69. The molecule has 1 aromatic carbocycles. The van der Waals surface area contributed by atoms with Crippen LogP contribution < -0.4 is 5.73 Å². The molecule has 0 aliphatic carbocycles. The number of ether oxygens (including phenoxy) is 1. The summed E-state index contributed by atoms with van der Waals surface area (Å²) in [6.45, 7) is 2.00. The van der Waals surface area contributed by atoms with Gasteiger partial charge < -0.3 is 10.5 Å². The lowest BCUT2D eigenvalue weighted by Gasteiger charge is -2.17. The molecular formula is C11H13NO2S. The van der Waals surface area contributed by atoms with E-state index in [1.165, 1.54) is 7.11 Å². The quantitative estimate of drug-likeness (QED) is 0.737. The van der Waals surface area contributed by atoms with E-state index in [1.54, 1.807) is 17.8 Å². The molecule has 1 heterocycles. The lowest BCUT2D eigenvalue weighted by atomic mass is 9.95. The Morgan fingerprint density at radius 2 is 2.33 bits per heavy atom. The summed E-state index contributed by atoms with van der Waals surface area (Å²) in [4.78, 5) is 12.4. The summed E-state index contributed by atoms with van der Waals surface area (Å²) in [5.74, 6) is 0.552. The van der Waals surface area contributed by atoms with Crippen LogP contribution in [0.4, 0.5) is 0 Å². The van der Waals surface area contributed by atoms with Crippen molar-refractivity contribution in [3.63, 3.8) is 0 Å². The summed E-state index contributed by atoms with van der Waals surface area (Å²) in [5, 5.41) is 0. The number of fused-ring (bicyclic) bond motifs is 1. The van der Waals surface area contributed by atoms with Gasteiger partial charge in [0.05, 0.1) is 12.7 Å². The Hall–Kier alpha value is -1.00. The van der Waals surface area contributed by atoms with Gasteiger partial charge in [0, 0.05) is 16.2 Å². The van der Waals surface area contributed by atoms with Gasteiger partial charge in [0.25, 0.3) is 0 Å². The van der Waals surface area contributed by atoms with Gasteiger partial charge >= 0.3 is 5.97 Å². The number of thioether (sulfide) groups is 1. The molecule has 0 saturated carbocycles. The van der Waals surface area contributed by atoms with Gasteiger partial charge in [-0.1, -0.05) is 6.07 Å². The molecule has 4 heteroatoms. The van der Waals surface area contributed by atoms with E-state index in [1.807, 2.05) is 19.1 Å². The number of esters is 1. The molecule has 1 aliphatic rings. The summed E-state index contributed by atoms with van der Waals surface area (Å²) in [5.41, 5.74) is 7.52. The fourth-order valence-electron chi connectivity index (χ4n) is 1.66. The predicted octanol–water partition coefficient (Wildman–Crippen LogP) is 1.75. The number of nitrogens with two attached hydrogens (primary N) is 1. The first-order chi connectivity index (χ1) is 7.04. The van der Waals surface area contributed by atoms with Crippen molar-refractivity contribution >= 4 is 17.7 Å². The molecule has 2 N–H and O–H groups in total. The van der Waals surface area contributed by atoms with E-state index in [2.05, 4.69) is 4.74 Å². The van der Waals surface area contributed by atoms with Crippen LogP contribution in [0, 0.1) is 0 Å². The van der Waals surface area contributed by atoms with E-state index in [9.17, 15) is 4.79 Å². The van der Waals surface area contributed by atoms with Gasteiger partial charge in [-0.3, -0.25) is 0 Å². The van der Waals surface area contributed by atoms with E-state index in [-0.39, 0.29) is 11.5 Å². The number of benzene rings is 1. The highest BCUT2D eigenvalue weighted by atomic mass is 32.2. The number of rotatable bonds is 1. The Morgan fingerprint density at radius 3 is 3.00 bits per heavy atom. The molecule has 1 aliphatic heterocycles. The fraction of sp³-hybridized carbons (Fsp3) is 0.364. The van der Waals surface area contributed by atoms with Crippen LogP contribution in [0.1, 0.15) is 22.8 Å². The zero-order valence-electron chi connectivity index (χ0n) is 8.74. The van der Waals surface area contributed by atoms with Crippen LogP contribution in [0.25, 0.3) is 0 Å². The number of hydrogen-bond donors (Lipinski definition) is 1. The highest BCUT2D eigenvalue weighted by Gasteiger charge is 2.31.